The topological polar surface area (TPSA) is 88.0 Å². The number of hydrogen-bond donors (Lipinski definition) is 0. The molecule has 9 nitrogen and oxygen atoms in total. The van der Waals surface area contributed by atoms with E-state index in [1.165, 1.54) is 34.4 Å². The molecule has 0 saturated heterocycles. The van der Waals surface area contributed by atoms with Gasteiger partial charge in [-0.25, -0.2) is 9.59 Å². The van der Waals surface area contributed by atoms with Crippen molar-refractivity contribution in [2.45, 2.75) is 92.2 Å². The molecule has 0 spiro atoms. The number of alkyl halides is 3. The Hall–Kier alpha value is -3.67. The molecule has 0 radical (unpaired) electrons. The third-order valence-corrected chi connectivity index (χ3v) is 8.79. The molecule has 0 aliphatic rings. The molecule has 2 aromatic heterocycles. The van der Waals surface area contributed by atoms with Crippen LogP contribution in [0.2, 0.25) is 0 Å². The van der Waals surface area contributed by atoms with E-state index in [4.69, 9.17) is 0 Å². The average molecular weight is 621 g/mol. The minimum Gasteiger partial charge on any atom is -0.320 e. The molecule has 0 atom stereocenters. The SMILES string of the molecule is CC[N+](CC)(CCCCCn1c(=O)cc(C)n(CCCCn2c(C)cc(=O)n(C)c2=O)c1=O)Cc1ccccc1C(F)(F)F. The summed E-state index contributed by atoms with van der Waals surface area (Å²) in [5.74, 6) is 0. The van der Waals surface area contributed by atoms with Crippen molar-refractivity contribution in [1.82, 2.24) is 18.3 Å². The van der Waals surface area contributed by atoms with E-state index < -0.39 is 11.7 Å². The summed E-state index contributed by atoms with van der Waals surface area (Å²) in [6.07, 6.45) is -1.11. The minimum atomic E-state index is -4.40. The largest absolute Gasteiger partial charge is 0.416 e. The van der Waals surface area contributed by atoms with Crippen molar-refractivity contribution in [2.24, 2.45) is 7.05 Å². The summed E-state index contributed by atoms with van der Waals surface area (Å²) in [5.41, 5.74) is -0.596. The van der Waals surface area contributed by atoms with Crippen LogP contribution >= 0.6 is 0 Å². The van der Waals surface area contributed by atoms with E-state index in [0.717, 1.165) is 23.5 Å². The van der Waals surface area contributed by atoms with Crippen molar-refractivity contribution in [3.8, 4) is 0 Å². The fourth-order valence-corrected chi connectivity index (χ4v) is 5.83. The molecule has 0 N–H and O–H groups in total. The summed E-state index contributed by atoms with van der Waals surface area (Å²) >= 11 is 0. The zero-order valence-electron chi connectivity index (χ0n) is 26.5. The van der Waals surface area contributed by atoms with Gasteiger partial charge in [-0.2, -0.15) is 13.2 Å². The predicted octanol–water partition coefficient (Wildman–Crippen LogP) is 4.21. The van der Waals surface area contributed by atoms with Gasteiger partial charge in [0.2, 0.25) is 0 Å². The first kappa shape index (κ1) is 34.8. The van der Waals surface area contributed by atoms with Crippen LogP contribution in [0.25, 0.3) is 0 Å². The first-order chi connectivity index (χ1) is 20.7. The van der Waals surface area contributed by atoms with Gasteiger partial charge in [-0.1, -0.05) is 18.2 Å². The number of aryl methyl sites for hydroxylation is 2. The third kappa shape index (κ3) is 8.28. The summed E-state index contributed by atoms with van der Waals surface area (Å²) in [6.45, 7) is 10.9. The van der Waals surface area contributed by atoms with Gasteiger partial charge in [0.1, 0.15) is 6.54 Å². The maximum Gasteiger partial charge on any atom is 0.416 e. The molecule has 0 aliphatic carbocycles. The number of rotatable bonds is 15. The number of nitrogens with zero attached hydrogens (tertiary/aromatic N) is 5. The Morgan fingerprint density at radius 3 is 1.82 bits per heavy atom. The number of hydrogen-bond acceptors (Lipinski definition) is 4. The lowest BCUT2D eigenvalue weighted by molar-refractivity contribution is -0.938. The Balaban J connectivity index is 1.60. The van der Waals surface area contributed by atoms with E-state index in [9.17, 15) is 32.3 Å². The van der Waals surface area contributed by atoms with Crippen molar-refractivity contribution in [2.75, 3.05) is 19.6 Å². The van der Waals surface area contributed by atoms with Gasteiger partial charge >= 0.3 is 17.6 Å². The first-order valence-electron chi connectivity index (χ1n) is 15.3. The van der Waals surface area contributed by atoms with E-state index in [1.807, 2.05) is 13.8 Å². The van der Waals surface area contributed by atoms with Crippen LogP contribution in [-0.4, -0.2) is 42.4 Å². The van der Waals surface area contributed by atoms with Gasteiger partial charge in [0.15, 0.2) is 0 Å². The molecule has 2 heterocycles. The molecule has 0 aliphatic heterocycles. The Kier molecular flexibility index (Phi) is 11.8. The predicted molar refractivity (Wildman–Crippen MR) is 165 cm³/mol. The van der Waals surface area contributed by atoms with Crippen molar-refractivity contribution in [1.29, 1.82) is 0 Å². The third-order valence-electron chi connectivity index (χ3n) is 8.79. The molecular formula is C32H45F3N5O4+. The lowest BCUT2D eigenvalue weighted by atomic mass is 10.0. The van der Waals surface area contributed by atoms with E-state index in [0.29, 0.717) is 80.0 Å². The first-order valence-corrected chi connectivity index (χ1v) is 15.3. The van der Waals surface area contributed by atoms with Gasteiger partial charge in [-0.15, -0.1) is 0 Å². The maximum atomic E-state index is 13.6. The van der Waals surface area contributed by atoms with E-state index in [2.05, 4.69) is 0 Å². The average Bonchev–Trinajstić information content (AvgIpc) is 2.97. The number of unbranched alkanes of at least 4 members (excludes halogenated alkanes) is 3. The summed E-state index contributed by atoms with van der Waals surface area (Å²) in [4.78, 5) is 50.1. The molecule has 1 aromatic carbocycles. The van der Waals surface area contributed by atoms with Crippen molar-refractivity contribution >= 4 is 0 Å². The number of aromatic nitrogens is 4. The summed E-state index contributed by atoms with van der Waals surface area (Å²) in [5, 5.41) is 0. The van der Waals surface area contributed by atoms with Gasteiger partial charge in [0.25, 0.3) is 11.1 Å². The van der Waals surface area contributed by atoms with Crippen LogP contribution in [-0.2, 0) is 39.4 Å². The lowest BCUT2D eigenvalue weighted by Crippen LogP contribution is -2.48. The normalized spacial score (nSPS) is 12.2. The van der Waals surface area contributed by atoms with Crippen molar-refractivity contribution < 1.29 is 17.7 Å². The van der Waals surface area contributed by atoms with Gasteiger partial charge in [-0.3, -0.25) is 27.9 Å². The Labute approximate surface area is 255 Å². The summed E-state index contributed by atoms with van der Waals surface area (Å²) in [7, 11) is 1.44. The Morgan fingerprint density at radius 2 is 1.23 bits per heavy atom. The van der Waals surface area contributed by atoms with Crippen LogP contribution in [0.5, 0.6) is 0 Å². The highest BCUT2D eigenvalue weighted by Crippen LogP contribution is 2.33. The highest BCUT2D eigenvalue weighted by atomic mass is 19.4. The van der Waals surface area contributed by atoms with E-state index in [1.54, 1.807) is 30.5 Å². The molecular weight excluding hydrogens is 575 g/mol. The fourth-order valence-electron chi connectivity index (χ4n) is 5.83. The van der Waals surface area contributed by atoms with E-state index >= 15 is 0 Å². The number of quaternary nitrogens is 1. The summed E-state index contributed by atoms with van der Waals surface area (Å²) < 4.78 is 46.7. The van der Waals surface area contributed by atoms with Gasteiger partial charge in [0, 0.05) is 55.8 Å². The molecule has 0 amide bonds. The monoisotopic (exact) mass is 620 g/mol. The Bertz CT molecular complexity index is 1660. The Morgan fingerprint density at radius 1 is 0.705 bits per heavy atom. The van der Waals surface area contributed by atoms with Gasteiger partial charge < -0.3 is 4.48 Å². The zero-order valence-corrected chi connectivity index (χ0v) is 26.5. The minimum absolute atomic E-state index is 0.264. The second-order valence-electron chi connectivity index (χ2n) is 11.6. The van der Waals surface area contributed by atoms with Crippen LogP contribution in [0.1, 0.15) is 68.5 Å². The van der Waals surface area contributed by atoms with Crippen LogP contribution in [0, 0.1) is 13.8 Å². The highest BCUT2D eigenvalue weighted by Gasteiger charge is 2.35. The smallest absolute Gasteiger partial charge is 0.320 e. The molecule has 3 aromatic rings. The number of halogens is 3. The molecule has 242 valence electrons. The van der Waals surface area contributed by atoms with Gasteiger partial charge in [0.05, 0.1) is 25.2 Å². The fraction of sp³-hybridized carbons (Fsp3) is 0.562. The molecule has 0 bridgehead atoms. The van der Waals surface area contributed by atoms with Crippen molar-refractivity contribution in [3.63, 3.8) is 0 Å². The van der Waals surface area contributed by atoms with Crippen LogP contribution < -0.4 is 22.5 Å². The standard InChI is InChI=1S/C32H45F3N5O4/c1-6-40(7-2,23-26-15-9-10-16-27(26)32(33,34)35)20-14-8-11-19-39-29(42)22-25(4)38(31(39)44)18-13-12-17-37-24(3)21-28(41)36(5)30(37)43/h9-10,15-16,21-22H,6-8,11-14,17-20,23H2,1-5H3/q+1. The molecule has 0 saturated carbocycles. The van der Waals surface area contributed by atoms with E-state index in [-0.39, 0.29) is 29.0 Å². The highest BCUT2D eigenvalue weighted by molar-refractivity contribution is 5.29. The second-order valence-corrected chi connectivity index (χ2v) is 11.6. The van der Waals surface area contributed by atoms with Crippen LogP contribution in [0.3, 0.4) is 0 Å². The maximum absolute atomic E-state index is 13.6. The van der Waals surface area contributed by atoms with Gasteiger partial charge in [-0.05, 0) is 65.9 Å². The summed E-state index contributed by atoms with van der Waals surface area (Å²) in [6, 6.07) is 8.63. The van der Waals surface area contributed by atoms with Crippen LogP contribution in [0.15, 0.2) is 55.6 Å². The molecule has 12 heteroatoms. The number of benzene rings is 1. The molecule has 0 fully saturated rings. The quantitative estimate of drug-likeness (QED) is 0.188. The van der Waals surface area contributed by atoms with Crippen molar-refractivity contribution in [3.05, 3.63) is 101 Å². The lowest BCUT2D eigenvalue weighted by Gasteiger charge is -2.37. The second kappa shape index (κ2) is 14.9. The molecule has 44 heavy (non-hydrogen) atoms. The molecule has 3 rings (SSSR count). The molecule has 0 unspecified atom stereocenters. The zero-order chi connectivity index (χ0) is 32.7. The van der Waals surface area contributed by atoms with Crippen LogP contribution in [0.4, 0.5) is 13.2 Å².